The largest absolute Gasteiger partial charge is 0.461 e. The molecule has 0 saturated carbocycles. The van der Waals surface area contributed by atoms with Crippen LogP contribution < -0.4 is 0 Å². The average Bonchev–Trinajstić information content (AvgIpc) is 2.90. The van der Waals surface area contributed by atoms with Crippen LogP contribution >= 0.6 is 0 Å². The van der Waals surface area contributed by atoms with Crippen LogP contribution in [0.3, 0.4) is 0 Å². The van der Waals surface area contributed by atoms with Gasteiger partial charge in [-0.2, -0.15) is 0 Å². The van der Waals surface area contributed by atoms with Gasteiger partial charge >= 0.3 is 11.9 Å². The Bertz CT molecular complexity index is 1070. The van der Waals surface area contributed by atoms with Gasteiger partial charge in [-0.25, -0.2) is 4.79 Å². The Morgan fingerprint density at radius 3 is 1.51 bits per heavy atom. The zero-order valence-corrected chi connectivity index (χ0v) is 20.1. The maximum atomic E-state index is 11.5. The third-order valence-electron chi connectivity index (χ3n) is 4.55. The van der Waals surface area contributed by atoms with Gasteiger partial charge in [-0.3, -0.25) is 4.79 Å². The molecule has 0 fully saturated rings. The van der Waals surface area contributed by atoms with Crippen molar-refractivity contribution in [2.45, 2.75) is 19.8 Å². The van der Waals surface area contributed by atoms with E-state index in [1.165, 1.54) is 6.08 Å². The monoisotopic (exact) mass is 468 g/mol. The minimum Gasteiger partial charge on any atom is -0.461 e. The minimum absolute atomic E-state index is 0.129. The molecule has 0 bridgehead atoms. The second kappa shape index (κ2) is 17.3. The SMILES string of the molecule is CCCC(=O)OC/C=C/c1ccccc1.O=C(/C=C/c1ccccc1)OC/C=C/c1ccccc1. The van der Waals surface area contributed by atoms with Crippen molar-refractivity contribution in [2.24, 2.45) is 0 Å². The quantitative estimate of drug-likeness (QED) is 0.237. The molecule has 4 heteroatoms. The molecule has 0 aliphatic heterocycles. The van der Waals surface area contributed by atoms with Crippen molar-refractivity contribution in [3.8, 4) is 0 Å². The summed E-state index contributed by atoms with van der Waals surface area (Å²) in [6.07, 6.45) is 12.1. The van der Waals surface area contributed by atoms with Crippen LogP contribution in [0.5, 0.6) is 0 Å². The third-order valence-corrected chi connectivity index (χ3v) is 4.55. The molecule has 0 aliphatic carbocycles. The van der Waals surface area contributed by atoms with E-state index in [0.717, 1.165) is 23.1 Å². The number of esters is 2. The fourth-order valence-electron chi connectivity index (χ4n) is 2.82. The van der Waals surface area contributed by atoms with E-state index in [4.69, 9.17) is 9.47 Å². The lowest BCUT2D eigenvalue weighted by atomic mass is 10.2. The molecule has 3 aromatic rings. The predicted octanol–water partition coefficient (Wildman–Crippen LogP) is 7.00. The molecule has 180 valence electrons. The van der Waals surface area contributed by atoms with Gasteiger partial charge < -0.3 is 9.47 Å². The molecule has 3 aromatic carbocycles. The maximum Gasteiger partial charge on any atom is 0.331 e. The number of rotatable bonds is 10. The Morgan fingerprint density at radius 1 is 0.629 bits per heavy atom. The van der Waals surface area contributed by atoms with E-state index < -0.39 is 0 Å². The standard InChI is InChI=1S/C18H16O2.C13H16O2/c19-18(14-13-17-10-5-2-6-11-17)20-15-7-12-16-8-3-1-4-9-16;1-2-7-13(14)15-11-6-10-12-8-4-3-5-9-12/h1-14H,15H2;3-6,8-10H,2,7,11H2,1H3/b12-7+,14-13+;10-6+. The van der Waals surface area contributed by atoms with Gasteiger partial charge in [0.15, 0.2) is 0 Å². The number of ether oxygens (including phenoxy) is 2. The van der Waals surface area contributed by atoms with Crippen LogP contribution in [0.4, 0.5) is 0 Å². The molecular formula is C31H32O4. The van der Waals surface area contributed by atoms with E-state index >= 15 is 0 Å². The lowest BCUT2D eigenvalue weighted by Crippen LogP contribution is -2.02. The molecule has 0 N–H and O–H groups in total. The zero-order valence-electron chi connectivity index (χ0n) is 20.1. The second-order valence-electron chi connectivity index (χ2n) is 7.43. The molecule has 0 aliphatic rings. The molecule has 0 amide bonds. The first-order chi connectivity index (χ1) is 17.2. The lowest BCUT2D eigenvalue weighted by molar-refractivity contribution is -0.142. The summed E-state index contributed by atoms with van der Waals surface area (Å²) in [5.41, 5.74) is 3.18. The smallest absolute Gasteiger partial charge is 0.331 e. The molecule has 0 atom stereocenters. The summed E-state index contributed by atoms with van der Waals surface area (Å²) in [4.78, 5) is 22.5. The molecule has 3 rings (SSSR count). The van der Waals surface area contributed by atoms with Crippen LogP contribution in [-0.4, -0.2) is 25.2 Å². The molecule has 0 saturated heterocycles. The summed E-state index contributed by atoms with van der Waals surface area (Å²) in [5.74, 6) is -0.471. The van der Waals surface area contributed by atoms with Gasteiger partial charge in [0, 0.05) is 12.5 Å². The van der Waals surface area contributed by atoms with E-state index in [1.807, 2.05) is 122 Å². The van der Waals surface area contributed by atoms with Gasteiger partial charge in [0.25, 0.3) is 0 Å². The summed E-state index contributed by atoms with van der Waals surface area (Å²) in [7, 11) is 0. The summed E-state index contributed by atoms with van der Waals surface area (Å²) >= 11 is 0. The van der Waals surface area contributed by atoms with Gasteiger partial charge in [-0.1, -0.05) is 110 Å². The first kappa shape index (κ1) is 27.1. The van der Waals surface area contributed by atoms with Crippen molar-refractivity contribution in [3.63, 3.8) is 0 Å². The van der Waals surface area contributed by atoms with Crippen molar-refractivity contribution < 1.29 is 19.1 Å². The third kappa shape index (κ3) is 13.2. The summed E-state index contributed by atoms with van der Waals surface area (Å²) in [6.45, 7) is 2.58. The molecule has 35 heavy (non-hydrogen) atoms. The Kier molecular flexibility index (Phi) is 13.4. The highest BCUT2D eigenvalue weighted by Crippen LogP contribution is 2.03. The topological polar surface area (TPSA) is 52.6 Å². The highest BCUT2D eigenvalue weighted by Gasteiger charge is 1.97. The van der Waals surface area contributed by atoms with Crippen molar-refractivity contribution in [3.05, 3.63) is 126 Å². The number of carbonyl (C=O) groups is 2. The number of hydrogen-bond acceptors (Lipinski definition) is 4. The van der Waals surface area contributed by atoms with Crippen molar-refractivity contribution in [1.82, 2.24) is 0 Å². The van der Waals surface area contributed by atoms with E-state index in [2.05, 4.69) is 0 Å². The van der Waals surface area contributed by atoms with Gasteiger partial charge in [-0.05, 0) is 41.3 Å². The minimum atomic E-state index is -0.341. The first-order valence-electron chi connectivity index (χ1n) is 11.7. The molecule has 4 nitrogen and oxygen atoms in total. The van der Waals surface area contributed by atoms with Crippen LogP contribution in [0.2, 0.25) is 0 Å². The molecular weight excluding hydrogens is 436 g/mol. The molecule has 0 radical (unpaired) electrons. The van der Waals surface area contributed by atoms with Crippen molar-refractivity contribution in [2.75, 3.05) is 13.2 Å². The van der Waals surface area contributed by atoms with Crippen LogP contribution in [0.25, 0.3) is 18.2 Å². The fraction of sp³-hybridized carbons (Fsp3) is 0.161. The first-order valence-corrected chi connectivity index (χ1v) is 11.7. The van der Waals surface area contributed by atoms with Crippen LogP contribution in [0.1, 0.15) is 36.5 Å². The highest BCUT2D eigenvalue weighted by atomic mass is 16.5. The average molecular weight is 469 g/mol. The number of benzene rings is 3. The fourth-order valence-corrected chi connectivity index (χ4v) is 2.82. The van der Waals surface area contributed by atoms with Gasteiger partial charge in [0.05, 0.1) is 0 Å². The Hall–Kier alpha value is -4.18. The normalized spacial score (nSPS) is 10.8. The zero-order chi connectivity index (χ0) is 25.0. The molecule has 0 spiro atoms. The van der Waals surface area contributed by atoms with Crippen molar-refractivity contribution in [1.29, 1.82) is 0 Å². The summed E-state index contributed by atoms with van der Waals surface area (Å²) in [5, 5.41) is 0. The van der Waals surface area contributed by atoms with Gasteiger partial charge in [0.1, 0.15) is 13.2 Å². The van der Waals surface area contributed by atoms with Crippen molar-refractivity contribution >= 4 is 30.2 Å². The Morgan fingerprint density at radius 2 is 1.06 bits per heavy atom. The highest BCUT2D eigenvalue weighted by molar-refractivity contribution is 5.87. The van der Waals surface area contributed by atoms with E-state index in [-0.39, 0.29) is 18.5 Å². The Balaban J connectivity index is 0.000000258. The summed E-state index contributed by atoms with van der Waals surface area (Å²) in [6, 6.07) is 29.5. The summed E-state index contributed by atoms with van der Waals surface area (Å²) < 4.78 is 10.1. The second-order valence-corrected chi connectivity index (χ2v) is 7.43. The van der Waals surface area contributed by atoms with Crippen LogP contribution in [0.15, 0.2) is 109 Å². The maximum absolute atomic E-state index is 11.5. The van der Waals surface area contributed by atoms with Crippen LogP contribution in [-0.2, 0) is 19.1 Å². The van der Waals surface area contributed by atoms with E-state index in [0.29, 0.717) is 13.0 Å². The lowest BCUT2D eigenvalue weighted by Gasteiger charge is -1.98. The molecule has 0 aromatic heterocycles. The van der Waals surface area contributed by atoms with Gasteiger partial charge in [0.2, 0.25) is 0 Å². The number of hydrogen-bond donors (Lipinski definition) is 0. The molecule has 0 unspecified atom stereocenters. The van der Waals surface area contributed by atoms with E-state index in [1.54, 1.807) is 6.08 Å². The van der Waals surface area contributed by atoms with E-state index in [9.17, 15) is 9.59 Å². The molecule has 0 heterocycles. The number of carbonyl (C=O) groups excluding carboxylic acids is 2. The van der Waals surface area contributed by atoms with Gasteiger partial charge in [-0.15, -0.1) is 0 Å². The predicted molar refractivity (Wildman–Crippen MR) is 143 cm³/mol. The van der Waals surface area contributed by atoms with Crippen LogP contribution in [0, 0.1) is 0 Å². The Labute approximate surface area is 208 Å².